The summed E-state index contributed by atoms with van der Waals surface area (Å²) in [5, 5.41) is 0. The van der Waals surface area contributed by atoms with E-state index in [1.807, 2.05) is 0 Å². The average Bonchev–Trinajstić information content (AvgIpc) is 3.06. The van der Waals surface area contributed by atoms with E-state index in [1.165, 1.54) is 116 Å². The van der Waals surface area contributed by atoms with Crippen LogP contribution in [0, 0.1) is 5.92 Å². The molecule has 0 aromatic heterocycles. The first-order chi connectivity index (χ1) is 23.4. The lowest BCUT2D eigenvalue weighted by Crippen LogP contribution is -2.30. The highest BCUT2D eigenvalue weighted by atomic mass is 16.6. The lowest BCUT2D eigenvalue weighted by molar-refractivity contribution is -0.167. The monoisotopic (exact) mass is 681 g/mol. The Hall–Kier alpha value is -1.59. The van der Waals surface area contributed by atoms with E-state index in [-0.39, 0.29) is 31.1 Å². The molecule has 0 saturated heterocycles. The zero-order valence-electron chi connectivity index (χ0n) is 32.4. The van der Waals surface area contributed by atoms with Crippen molar-refractivity contribution in [3.8, 4) is 0 Å². The van der Waals surface area contributed by atoms with Crippen molar-refractivity contribution in [2.24, 2.45) is 5.92 Å². The van der Waals surface area contributed by atoms with Crippen LogP contribution in [0.4, 0.5) is 0 Å². The zero-order chi connectivity index (χ0) is 35.3. The summed E-state index contributed by atoms with van der Waals surface area (Å²) < 4.78 is 16.5. The summed E-state index contributed by atoms with van der Waals surface area (Å²) >= 11 is 0. The third kappa shape index (κ3) is 35.7. The van der Waals surface area contributed by atoms with Crippen molar-refractivity contribution in [1.29, 1.82) is 0 Å². The van der Waals surface area contributed by atoms with E-state index >= 15 is 0 Å². The van der Waals surface area contributed by atoms with Crippen molar-refractivity contribution in [3.05, 3.63) is 0 Å². The lowest BCUT2D eigenvalue weighted by atomic mass is 10.0. The number of rotatable bonds is 37. The first-order valence-corrected chi connectivity index (χ1v) is 20.9. The first-order valence-electron chi connectivity index (χ1n) is 20.9. The smallest absolute Gasteiger partial charge is 0.306 e. The maximum absolute atomic E-state index is 12.5. The van der Waals surface area contributed by atoms with Gasteiger partial charge in [-0.25, -0.2) is 0 Å². The van der Waals surface area contributed by atoms with E-state index in [0.717, 1.165) is 70.1 Å². The van der Waals surface area contributed by atoms with E-state index in [4.69, 9.17) is 14.2 Å². The van der Waals surface area contributed by atoms with Gasteiger partial charge >= 0.3 is 17.9 Å². The molecule has 0 aliphatic carbocycles. The van der Waals surface area contributed by atoms with Crippen LogP contribution in [0.2, 0.25) is 0 Å². The van der Waals surface area contributed by atoms with Gasteiger partial charge in [0.1, 0.15) is 13.2 Å². The van der Waals surface area contributed by atoms with Crippen LogP contribution in [0.15, 0.2) is 0 Å². The highest BCUT2D eigenvalue weighted by Gasteiger charge is 2.19. The van der Waals surface area contributed by atoms with Crippen LogP contribution in [0.1, 0.15) is 227 Å². The Balaban J connectivity index is 4.16. The molecule has 0 aliphatic rings. The summed E-state index contributed by atoms with van der Waals surface area (Å²) in [6.07, 6.45) is 34.0. The molecular formula is C42H80O6. The van der Waals surface area contributed by atoms with Gasteiger partial charge in [0.05, 0.1) is 0 Å². The second-order valence-corrected chi connectivity index (χ2v) is 14.7. The molecule has 6 heteroatoms. The van der Waals surface area contributed by atoms with Crippen molar-refractivity contribution in [2.75, 3.05) is 13.2 Å². The van der Waals surface area contributed by atoms with E-state index < -0.39 is 6.10 Å². The van der Waals surface area contributed by atoms with E-state index in [9.17, 15) is 14.4 Å². The number of esters is 3. The molecule has 1 atom stereocenters. The van der Waals surface area contributed by atoms with Gasteiger partial charge in [-0.05, 0) is 25.2 Å². The van der Waals surface area contributed by atoms with Crippen LogP contribution in [-0.2, 0) is 28.6 Å². The number of hydrogen-bond donors (Lipinski definition) is 0. The zero-order valence-corrected chi connectivity index (χ0v) is 32.4. The normalized spacial score (nSPS) is 11.9. The van der Waals surface area contributed by atoms with Gasteiger partial charge < -0.3 is 14.2 Å². The van der Waals surface area contributed by atoms with Crippen LogP contribution in [0.5, 0.6) is 0 Å². The van der Waals surface area contributed by atoms with Crippen molar-refractivity contribution in [2.45, 2.75) is 233 Å². The average molecular weight is 681 g/mol. The van der Waals surface area contributed by atoms with E-state index in [2.05, 4.69) is 27.7 Å². The van der Waals surface area contributed by atoms with Gasteiger partial charge in [-0.2, -0.15) is 0 Å². The number of ether oxygens (including phenoxy) is 3. The fourth-order valence-electron chi connectivity index (χ4n) is 6.10. The SMILES string of the molecule is CCCCCCCCCCCCC(=O)OC[C@H](COC(=O)CCCCCCCCCCCCCCC(C)C)OC(=O)CCCCCCC. The second-order valence-electron chi connectivity index (χ2n) is 14.7. The summed E-state index contributed by atoms with van der Waals surface area (Å²) in [7, 11) is 0. The van der Waals surface area contributed by atoms with Crippen LogP contribution in [-0.4, -0.2) is 37.2 Å². The van der Waals surface area contributed by atoms with E-state index in [0.29, 0.717) is 19.3 Å². The molecule has 0 aromatic rings. The minimum Gasteiger partial charge on any atom is -0.462 e. The van der Waals surface area contributed by atoms with Crippen LogP contribution in [0.25, 0.3) is 0 Å². The third-order valence-corrected chi connectivity index (χ3v) is 9.29. The topological polar surface area (TPSA) is 78.9 Å². The molecule has 0 spiro atoms. The maximum Gasteiger partial charge on any atom is 0.306 e. The summed E-state index contributed by atoms with van der Waals surface area (Å²) in [5.41, 5.74) is 0. The minimum atomic E-state index is -0.756. The van der Waals surface area contributed by atoms with Gasteiger partial charge in [0.2, 0.25) is 0 Å². The predicted molar refractivity (Wildman–Crippen MR) is 201 cm³/mol. The number of carbonyl (C=O) groups is 3. The summed E-state index contributed by atoms with van der Waals surface area (Å²) in [4.78, 5) is 37.3. The van der Waals surface area contributed by atoms with Gasteiger partial charge in [0, 0.05) is 19.3 Å². The summed E-state index contributed by atoms with van der Waals surface area (Å²) in [6, 6.07) is 0. The van der Waals surface area contributed by atoms with Crippen molar-refractivity contribution < 1.29 is 28.6 Å². The molecule has 0 amide bonds. The van der Waals surface area contributed by atoms with Crippen molar-refractivity contribution in [3.63, 3.8) is 0 Å². The predicted octanol–water partition coefficient (Wildman–Crippen LogP) is 12.8. The standard InChI is InChI=1S/C42H80O6/c1-5-7-9-11-12-13-19-22-26-29-33-40(43)46-36-39(48-42(45)35-31-24-10-8-6-2)37-47-41(44)34-30-27-23-20-17-15-14-16-18-21-25-28-32-38(3)4/h38-39H,5-37H2,1-4H3/t39-/m1/s1. The van der Waals surface area contributed by atoms with Crippen LogP contribution in [0.3, 0.4) is 0 Å². The van der Waals surface area contributed by atoms with Gasteiger partial charge in [-0.3, -0.25) is 14.4 Å². The van der Waals surface area contributed by atoms with Gasteiger partial charge in [-0.1, -0.05) is 188 Å². The molecule has 0 heterocycles. The molecule has 6 nitrogen and oxygen atoms in total. The lowest BCUT2D eigenvalue weighted by Gasteiger charge is -2.18. The molecule has 0 aromatic carbocycles. The highest BCUT2D eigenvalue weighted by molar-refractivity contribution is 5.71. The molecule has 0 N–H and O–H groups in total. The highest BCUT2D eigenvalue weighted by Crippen LogP contribution is 2.15. The van der Waals surface area contributed by atoms with Gasteiger partial charge in [-0.15, -0.1) is 0 Å². The number of carbonyl (C=O) groups excluding carboxylic acids is 3. The number of hydrogen-bond acceptors (Lipinski definition) is 6. The molecule has 0 rings (SSSR count). The Kier molecular flexibility index (Phi) is 35.5. The molecule has 48 heavy (non-hydrogen) atoms. The van der Waals surface area contributed by atoms with Crippen molar-refractivity contribution in [1.82, 2.24) is 0 Å². The van der Waals surface area contributed by atoms with Gasteiger partial charge in [0.25, 0.3) is 0 Å². The molecule has 0 fully saturated rings. The summed E-state index contributed by atoms with van der Waals surface area (Å²) in [6.45, 7) is 8.89. The quantitative estimate of drug-likeness (QED) is 0.0369. The molecule has 0 radical (unpaired) electrons. The minimum absolute atomic E-state index is 0.0658. The van der Waals surface area contributed by atoms with Crippen molar-refractivity contribution >= 4 is 17.9 Å². The molecule has 0 unspecified atom stereocenters. The molecule has 0 aliphatic heterocycles. The maximum atomic E-state index is 12.5. The Morgan fingerprint density at radius 1 is 0.396 bits per heavy atom. The molecule has 0 saturated carbocycles. The Morgan fingerprint density at radius 2 is 0.688 bits per heavy atom. The molecule has 284 valence electrons. The largest absolute Gasteiger partial charge is 0.462 e. The number of unbranched alkanes of at least 4 members (excludes halogenated alkanes) is 24. The first kappa shape index (κ1) is 46.4. The molecular weight excluding hydrogens is 600 g/mol. The Labute approximate surface area is 298 Å². The second kappa shape index (κ2) is 36.7. The fourth-order valence-corrected chi connectivity index (χ4v) is 6.10. The fraction of sp³-hybridized carbons (Fsp3) is 0.929. The summed E-state index contributed by atoms with van der Waals surface area (Å²) in [5.74, 6) is -0.0415. The Bertz CT molecular complexity index is 721. The van der Waals surface area contributed by atoms with Crippen LogP contribution >= 0.6 is 0 Å². The molecule has 0 bridgehead atoms. The Morgan fingerprint density at radius 3 is 1.02 bits per heavy atom. The van der Waals surface area contributed by atoms with E-state index in [1.54, 1.807) is 0 Å². The van der Waals surface area contributed by atoms with Gasteiger partial charge in [0.15, 0.2) is 6.10 Å². The van der Waals surface area contributed by atoms with Crippen LogP contribution < -0.4 is 0 Å². The third-order valence-electron chi connectivity index (χ3n) is 9.29.